The Labute approximate surface area is 174 Å². The van der Waals surface area contributed by atoms with Gasteiger partial charge in [0.25, 0.3) is 0 Å². The van der Waals surface area contributed by atoms with Gasteiger partial charge in [0.15, 0.2) is 11.6 Å². The average Bonchev–Trinajstić information content (AvgIpc) is 2.75. The molecule has 0 N–H and O–H groups in total. The van der Waals surface area contributed by atoms with Gasteiger partial charge in [-0.1, -0.05) is 37.6 Å². The van der Waals surface area contributed by atoms with Gasteiger partial charge in [-0.05, 0) is 90.1 Å². The molecule has 0 heterocycles. The van der Waals surface area contributed by atoms with Crippen molar-refractivity contribution in [3.63, 3.8) is 0 Å². The molecule has 1 unspecified atom stereocenters. The first-order valence-corrected chi connectivity index (χ1v) is 10.5. The van der Waals surface area contributed by atoms with Crippen LogP contribution in [0.5, 0.6) is 0 Å². The van der Waals surface area contributed by atoms with Crippen LogP contribution in [-0.4, -0.2) is 0 Å². The third-order valence-electron chi connectivity index (χ3n) is 6.10. The Hall–Kier alpha value is -2.62. The maximum absolute atomic E-state index is 14.8. The van der Waals surface area contributed by atoms with Crippen molar-refractivity contribution >= 4 is 0 Å². The lowest BCUT2D eigenvalue weighted by molar-refractivity contribution is 0.466. The zero-order valence-electron chi connectivity index (χ0n) is 17.0. The molecule has 1 aliphatic carbocycles. The van der Waals surface area contributed by atoms with Crippen molar-refractivity contribution in [1.29, 1.82) is 0 Å². The summed E-state index contributed by atoms with van der Waals surface area (Å²) in [6.45, 7) is 2.02. The SMILES string of the molecule is CCCCc1ccc(C2CCc3cc(-c4ccc(F)cc4)c(F)cc3C2)c(F)c1F. The molecule has 0 spiro atoms. The third kappa shape index (κ3) is 4.00. The van der Waals surface area contributed by atoms with E-state index in [2.05, 4.69) is 0 Å². The minimum atomic E-state index is -0.763. The smallest absolute Gasteiger partial charge is 0.162 e. The zero-order valence-corrected chi connectivity index (χ0v) is 17.0. The molecule has 4 heteroatoms. The van der Waals surface area contributed by atoms with Crippen molar-refractivity contribution in [2.24, 2.45) is 0 Å². The standard InChI is InChI=1S/C26H24F4/c1-2-3-4-17-9-12-22(26(30)25(17)29)19-6-5-18-14-23(24(28)15-20(18)13-19)16-7-10-21(27)11-8-16/h7-12,14-15,19H,2-6,13H2,1H3. The maximum atomic E-state index is 14.8. The van der Waals surface area contributed by atoms with E-state index in [1.165, 1.54) is 18.2 Å². The summed E-state index contributed by atoms with van der Waals surface area (Å²) in [4.78, 5) is 0. The van der Waals surface area contributed by atoms with Crippen LogP contribution in [0.15, 0.2) is 48.5 Å². The van der Waals surface area contributed by atoms with Gasteiger partial charge in [0.1, 0.15) is 11.6 Å². The van der Waals surface area contributed by atoms with Crippen LogP contribution in [0.4, 0.5) is 17.6 Å². The van der Waals surface area contributed by atoms with Crippen LogP contribution < -0.4 is 0 Å². The van der Waals surface area contributed by atoms with Crippen molar-refractivity contribution in [3.8, 4) is 11.1 Å². The van der Waals surface area contributed by atoms with Crippen molar-refractivity contribution < 1.29 is 17.6 Å². The predicted octanol–water partition coefficient (Wildman–Crippen LogP) is 7.53. The molecular formula is C26H24F4. The van der Waals surface area contributed by atoms with Crippen molar-refractivity contribution in [1.82, 2.24) is 0 Å². The highest BCUT2D eigenvalue weighted by molar-refractivity contribution is 5.66. The van der Waals surface area contributed by atoms with Crippen LogP contribution in [0.3, 0.4) is 0 Å². The molecule has 3 aromatic carbocycles. The Morgan fingerprint density at radius 2 is 1.63 bits per heavy atom. The Kier molecular flexibility index (Phi) is 5.94. The summed E-state index contributed by atoms with van der Waals surface area (Å²) in [6.07, 6.45) is 4.08. The van der Waals surface area contributed by atoms with Gasteiger partial charge in [0.2, 0.25) is 0 Å². The first-order valence-electron chi connectivity index (χ1n) is 10.5. The molecule has 0 saturated heterocycles. The fourth-order valence-electron chi connectivity index (χ4n) is 4.38. The van der Waals surface area contributed by atoms with Crippen molar-refractivity contribution in [2.75, 3.05) is 0 Å². The minimum Gasteiger partial charge on any atom is -0.207 e. The van der Waals surface area contributed by atoms with Crippen LogP contribution in [0.2, 0.25) is 0 Å². The fourth-order valence-corrected chi connectivity index (χ4v) is 4.38. The quantitative estimate of drug-likeness (QED) is 0.380. The van der Waals surface area contributed by atoms with Gasteiger partial charge in [-0.25, -0.2) is 17.6 Å². The highest BCUT2D eigenvalue weighted by Gasteiger charge is 2.26. The van der Waals surface area contributed by atoms with Crippen molar-refractivity contribution in [3.05, 3.63) is 94.1 Å². The van der Waals surface area contributed by atoms with Crippen LogP contribution >= 0.6 is 0 Å². The number of aryl methyl sites for hydroxylation is 2. The van der Waals surface area contributed by atoms with Crippen LogP contribution in [0.1, 0.15) is 54.4 Å². The van der Waals surface area contributed by atoms with Gasteiger partial charge in [-0.2, -0.15) is 0 Å². The minimum absolute atomic E-state index is 0.178. The number of fused-ring (bicyclic) bond motifs is 1. The highest BCUT2D eigenvalue weighted by atomic mass is 19.2. The fraction of sp³-hybridized carbons (Fsp3) is 0.308. The number of hydrogen-bond donors (Lipinski definition) is 0. The number of unbranched alkanes of at least 4 members (excludes halogenated alkanes) is 1. The second-order valence-electron chi connectivity index (χ2n) is 8.09. The molecule has 0 nitrogen and oxygen atoms in total. The molecule has 4 rings (SSSR count). The van der Waals surface area contributed by atoms with Gasteiger partial charge >= 0.3 is 0 Å². The van der Waals surface area contributed by atoms with Gasteiger partial charge in [-0.3, -0.25) is 0 Å². The number of halogens is 4. The monoisotopic (exact) mass is 412 g/mol. The molecule has 1 atom stereocenters. The summed E-state index contributed by atoms with van der Waals surface area (Å²) in [5.74, 6) is -2.44. The lowest BCUT2D eigenvalue weighted by Crippen LogP contribution is -2.16. The molecule has 0 aliphatic heterocycles. The Bertz CT molecular complexity index is 1050. The molecule has 0 bridgehead atoms. The summed E-state index contributed by atoms with van der Waals surface area (Å²) in [7, 11) is 0. The summed E-state index contributed by atoms with van der Waals surface area (Å²) < 4.78 is 57.2. The first kappa shape index (κ1) is 20.6. The molecule has 0 radical (unpaired) electrons. The number of rotatable bonds is 5. The van der Waals surface area contributed by atoms with E-state index in [0.29, 0.717) is 47.9 Å². The van der Waals surface area contributed by atoms with Gasteiger partial charge in [-0.15, -0.1) is 0 Å². The average molecular weight is 412 g/mol. The van der Waals surface area contributed by atoms with E-state index in [9.17, 15) is 17.6 Å². The van der Waals surface area contributed by atoms with E-state index in [1.807, 2.05) is 6.92 Å². The molecule has 0 amide bonds. The zero-order chi connectivity index (χ0) is 21.3. The molecule has 0 fully saturated rings. The largest absolute Gasteiger partial charge is 0.207 e. The van der Waals surface area contributed by atoms with Crippen LogP contribution in [0, 0.1) is 23.3 Å². The van der Waals surface area contributed by atoms with E-state index in [1.54, 1.807) is 30.3 Å². The first-order chi connectivity index (χ1) is 14.5. The second-order valence-corrected chi connectivity index (χ2v) is 8.09. The summed E-state index contributed by atoms with van der Waals surface area (Å²) in [5, 5.41) is 0. The highest BCUT2D eigenvalue weighted by Crippen LogP contribution is 2.37. The lowest BCUT2D eigenvalue weighted by atomic mass is 9.78. The maximum Gasteiger partial charge on any atom is 0.162 e. The molecule has 30 heavy (non-hydrogen) atoms. The normalized spacial score (nSPS) is 15.8. The Morgan fingerprint density at radius 1 is 0.867 bits per heavy atom. The summed E-state index contributed by atoms with van der Waals surface area (Å²) >= 11 is 0. The van der Waals surface area contributed by atoms with Gasteiger partial charge in [0.05, 0.1) is 0 Å². The molecule has 3 aromatic rings. The van der Waals surface area contributed by atoms with E-state index in [4.69, 9.17) is 0 Å². The topological polar surface area (TPSA) is 0 Å². The van der Waals surface area contributed by atoms with Gasteiger partial charge < -0.3 is 0 Å². The van der Waals surface area contributed by atoms with Gasteiger partial charge in [0, 0.05) is 5.56 Å². The molecule has 0 saturated carbocycles. The van der Waals surface area contributed by atoms with Crippen LogP contribution in [-0.2, 0) is 19.3 Å². The van der Waals surface area contributed by atoms with Crippen LogP contribution in [0.25, 0.3) is 11.1 Å². The molecule has 1 aliphatic rings. The summed E-state index contributed by atoms with van der Waals surface area (Å²) in [5.41, 5.74) is 3.68. The van der Waals surface area contributed by atoms with E-state index < -0.39 is 11.6 Å². The molecule has 156 valence electrons. The van der Waals surface area contributed by atoms with E-state index >= 15 is 0 Å². The van der Waals surface area contributed by atoms with Crippen molar-refractivity contribution in [2.45, 2.75) is 51.4 Å². The molecule has 0 aromatic heterocycles. The molecular weight excluding hydrogens is 388 g/mol. The predicted molar refractivity (Wildman–Crippen MR) is 112 cm³/mol. The third-order valence-corrected chi connectivity index (χ3v) is 6.10. The second kappa shape index (κ2) is 8.63. The lowest BCUT2D eigenvalue weighted by Gasteiger charge is -2.26. The van der Waals surface area contributed by atoms with E-state index in [-0.39, 0.29) is 17.6 Å². The number of benzene rings is 3. The Morgan fingerprint density at radius 3 is 2.37 bits per heavy atom. The number of hydrogen-bond acceptors (Lipinski definition) is 0. The summed E-state index contributed by atoms with van der Waals surface area (Å²) in [6, 6.07) is 12.4. The Balaban J connectivity index is 1.60. The van der Waals surface area contributed by atoms with E-state index in [0.717, 1.165) is 24.0 Å².